The smallest absolute Gasteiger partial charge is 0.407 e. The number of amides is 1. The second-order valence-electron chi connectivity index (χ2n) is 3.83. The van der Waals surface area contributed by atoms with Crippen molar-refractivity contribution < 1.29 is 9.53 Å². The molecule has 0 aliphatic carbocycles. The van der Waals surface area contributed by atoms with E-state index in [-0.39, 0.29) is 6.09 Å². The lowest BCUT2D eigenvalue weighted by Gasteiger charge is -2.29. The summed E-state index contributed by atoms with van der Waals surface area (Å²) >= 11 is 0. The van der Waals surface area contributed by atoms with Crippen LogP contribution in [0, 0.1) is 11.8 Å². The maximum atomic E-state index is 11.0. The first-order valence-electron chi connectivity index (χ1n) is 5.35. The summed E-state index contributed by atoms with van der Waals surface area (Å²) in [7, 11) is 0. The maximum Gasteiger partial charge on any atom is 0.407 e. The highest BCUT2D eigenvalue weighted by atomic mass is 16.5. The van der Waals surface area contributed by atoms with Crippen molar-refractivity contribution in [3.8, 4) is 0 Å². The number of nitrogens with one attached hydrogen (secondary N) is 2. The van der Waals surface area contributed by atoms with Gasteiger partial charge in [-0.25, -0.2) is 4.79 Å². The summed E-state index contributed by atoms with van der Waals surface area (Å²) in [5.41, 5.74) is 0. The molecular formula is C10H20N2O2. The van der Waals surface area contributed by atoms with Gasteiger partial charge in [-0.15, -0.1) is 0 Å². The van der Waals surface area contributed by atoms with Gasteiger partial charge in [-0.2, -0.15) is 0 Å². The van der Waals surface area contributed by atoms with Gasteiger partial charge in [0, 0.05) is 6.54 Å². The van der Waals surface area contributed by atoms with Gasteiger partial charge >= 0.3 is 6.09 Å². The quantitative estimate of drug-likeness (QED) is 0.714. The third-order valence-corrected chi connectivity index (χ3v) is 2.77. The molecule has 0 spiro atoms. The van der Waals surface area contributed by atoms with Crippen molar-refractivity contribution >= 4 is 6.09 Å². The van der Waals surface area contributed by atoms with Crippen LogP contribution in [0.25, 0.3) is 0 Å². The molecule has 0 bridgehead atoms. The molecule has 2 atom stereocenters. The van der Waals surface area contributed by atoms with Crippen molar-refractivity contribution in [1.29, 1.82) is 0 Å². The monoisotopic (exact) mass is 200 g/mol. The van der Waals surface area contributed by atoms with Gasteiger partial charge in [0.1, 0.15) is 0 Å². The fourth-order valence-electron chi connectivity index (χ4n) is 1.72. The summed E-state index contributed by atoms with van der Waals surface area (Å²) in [6.45, 7) is 7.28. The first kappa shape index (κ1) is 11.3. The van der Waals surface area contributed by atoms with Gasteiger partial charge < -0.3 is 15.4 Å². The van der Waals surface area contributed by atoms with Crippen LogP contribution in [0.3, 0.4) is 0 Å². The Balaban J connectivity index is 2.19. The van der Waals surface area contributed by atoms with Gasteiger partial charge in [0.25, 0.3) is 0 Å². The third kappa shape index (κ3) is 3.54. The largest absolute Gasteiger partial charge is 0.450 e. The van der Waals surface area contributed by atoms with Crippen LogP contribution in [0.15, 0.2) is 0 Å². The molecule has 1 rings (SSSR count). The Morgan fingerprint density at radius 3 is 3.07 bits per heavy atom. The average molecular weight is 200 g/mol. The Morgan fingerprint density at radius 1 is 1.64 bits per heavy atom. The normalized spacial score (nSPS) is 27.0. The van der Waals surface area contributed by atoms with E-state index in [2.05, 4.69) is 17.6 Å². The summed E-state index contributed by atoms with van der Waals surface area (Å²) in [4.78, 5) is 11.0. The summed E-state index contributed by atoms with van der Waals surface area (Å²) in [6, 6.07) is 0. The number of hydrogen-bond acceptors (Lipinski definition) is 3. The van der Waals surface area contributed by atoms with Crippen LogP contribution in [0.2, 0.25) is 0 Å². The van der Waals surface area contributed by atoms with Crippen LogP contribution < -0.4 is 10.6 Å². The van der Waals surface area contributed by atoms with Crippen molar-refractivity contribution in [1.82, 2.24) is 10.6 Å². The van der Waals surface area contributed by atoms with Crippen molar-refractivity contribution in [2.24, 2.45) is 11.8 Å². The van der Waals surface area contributed by atoms with E-state index in [1.165, 1.54) is 6.42 Å². The van der Waals surface area contributed by atoms with Crippen LogP contribution in [0.1, 0.15) is 20.3 Å². The first-order chi connectivity index (χ1) is 6.74. The Morgan fingerprint density at radius 2 is 2.43 bits per heavy atom. The number of alkyl carbamates (subject to hydrolysis) is 1. The molecule has 0 radical (unpaired) electrons. The number of carbonyl (C=O) groups is 1. The lowest BCUT2D eigenvalue weighted by atomic mass is 9.88. The number of carbonyl (C=O) groups excluding carboxylic acids is 1. The Bertz CT molecular complexity index is 185. The minimum absolute atomic E-state index is 0.301. The zero-order valence-electron chi connectivity index (χ0n) is 9.01. The standard InChI is InChI=1S/C10H20N2O2/c1-3-14-10(13)12-7-9-6-11-5-4-8(9)2/h8-9,11H,3-7H2,1-2H3,(H,12,13). The third-order valence-electron chi connectivity index (χ3n) is 2.77. The van der Waals surface area contributed by atoms with Gasteiger partial charge in [-0.3, -0.25) is 0 Å². The molecule has 1 heterocycles. The van der Waals surface area contributed by atoms with Crippen molar-refractivity contribution in [2.75, 3.05) is 26.2 Å². The highest BCUT2D eigenvalue weighted by Crippen LogP contribution is 2.17. The topological polar surface area (TPSA) is 50.4 Å². The Kier molecular flexibility index (Phi) is 4.73. The predicted molar refractivity (Wildman–Crippen MR) is 55.2 cm³/mol. The van der Waals surface area contributed by atoms with E-state index in [9.17, 15) is 4.79 Å². The van der Waals surface area contributed by atoms with Crippen LogP contribution in [-0.2, 0) is 4.74 Å². The molecule has 14 heavy (non-hydrogen) atoms. The summed E-state index contributed by atoms with van der Waals surface area (Å²) in [5, 5.41) is 6.11. The predicted octanol–water partition coefficient (Wildman–Crippen LogP) is 0.978. The van der Waals surface area contributed by atoms with E-state index >= 15 is 0 Å². The van der Waals surface area contributed by atoms with Crippen LogP contribution in [0.4, 0.5) is 4.79 Å². The van der Waals surface area contributed by atoms with E-state index in [1.807, 2.05) is 6.92 Å². The maximum absolute atomic E-state index is 11.0. The van der Waals surface area contributed by atoms with E-state index in [1.54, 1.807) is 0 Å². The molecule has 2 N–H and O–H groups in total. The summed E-state index contributed by atoms with van der Waals surface area (Å²) < 4.78 is 4.80. The number of rotatable bonds is 3. The lowest BCUT2D eigenvalue weighted by Crippen LogP contribution is -2.42. The molecule has 0 aromatic rings. The molecule has 4 heteroatoms. The SMILES string of the molecule is CCOC(=O)NCC1CNCCC1C. The fourth-order valence-corrected chi connectivity index (χ4v) is 1.72. The minimum Gasteiger partial charge on any atom is -0.450 e. The second-order valence-corrected chi connectivity index (χ2v) is 3.83. The van der Waals surface area contributed by atoms with Crippen molar-refractivity contribution in [3.05, 3.63) is 0 Å². The van der Waals surface area contributed by atoms with E-state index < -0.39 is 0 Å². The zero-order chi connectivity index (χ0) is 10.4. The van der Waals surface area contributed by atoms with E-state index in [0.717, 1.165) is 13.1 Å². The van der Waals surface area contributed by atoms with Crippen molar-refractivity contribution in [3.63, 3.8) is 0 Å². The Labute approximate surface area is 85.4 Å². The molecule has 0 saturated carbocycles. The van der Waals surface area contributed by atoms with E-state index in [4.69, 9.17) is 4.74 Å². The van der Waals surface area contributed by atoms with Gasteiger partial charge in [0.05, 0.1) is 6.61 Å². The molecule has 1 aliphatic rings. The van der Waals surface area contributed by atoms with Gasteiger partial charge in [0.2, 0.25) is 0 Å². The lowest BCUT2D eigenvalue weighted by molar-refractivity contribution is 0.147. The molecular weight excluding hydrogens is 180 g/mol. The molecule has 1 aliphatic heterocycles. The molecule has 1 saturated heterocycles. The highest BCUT2D eigenvalue weighted by Gasteiger charge is 2.21. The highest BCUT2D eigenvalue weighted by molar-refractivity contribution is 5.67. The molecule has 1 amide bonds. The van der Waals surface area contributed by atoms with E-state index in [0.29, 0.717) is 25.0 Å². The zero-order valence-corrected chi connectivity index (χ0v) is 9.01. The van der Waals surface area contributed by atoms with Gasteiger partial charge in [-0.05, 0) is 38.3 Å². The molecule has 2 unspecified atom stereocenters. The minimum atomic E-state index is -0.301. The molecule has 0 aromatic heterocycles. The fraction of sp³-hybridized carbons (Fsp3) is 0.900. The van der Waals surface area contributed by atoms with Gasteiger partial charge in [-0.1, -0.05) is 6.92 Å². The summed E-state index contributed by atoms with van der Waals surface area (Å²) in [6.07, 6.45) is 0.889. The summed E-state index contributed by atoms with van der Waals surface area (Å²) in [5.74, 6) is 1.21. The van der Waals surface area contributed by atoms with Crippen LogP contribution >= 0.6 is 0 Å². The van der Waals surface area contributed by atoms with Crippen molar-refractivity contribution in [2.45, 2.75) is 20.3 Å². The molecule has 82 valence electrons. The van der Waals surface area contributed by atoms with Crippen LogP contribution in [0.5, 0.6) is 0 Å². The Hall–Kier alpha value is -0.770. The number of piperidine rings is 1. The molecule has 0 aromatic carbocycles. The second kappa shape index (κ2) is 5.86. The van der Waals surface area contributed by atoms with Crippen LogP contribution in [-0.4, -0.2) is 32.3 Å². The number of hydrogen-bond donors (Lipinski definition) is 2. The average Bonchev–Trinajstić information content (AvgIpc) is 2.17. The molecule has 4 nitrogen and oxygen atoms in total. The first-order valence-corrected chi connectivity index (χ1v) is 5.35. The number of ether oxygens (including phenoxy) is 1. The molecule has 1 fully saturated rings. The van der Waals surface area contributed by atoms with Gasteiger partial charge in [0.15, 0.2) is 0 Å².